The number of benzene rings is 1. The molecule has 2 nitrogen and oxygen atoms in total. The Morgan fingerprint density at radius 3 is 2.52 bits per heavy atom. The van der Waals surface area contributed by atoms with Crippen molar-refractivity contribution in [3.8, 4) is 0 Å². The van der Waals surface area contributed by atoms with Gasteiger partial charge in [-0.1, -0.05) is 32.4 Å². The van der Waals surface area contributed by atoms with Gasteiger partial charge in [0, 0.05) is 18.2 Å². The normalized spacial score (nSPS) is 20.4. The van der Waals surface area contributed by atoms with Gasteiger partial charge in [-0.15, -0.1) is 0 Å². The van der Waals surface area contributed by atoms with Crippen LogP contribution >= 0.6 is 0 Å². The second-order valence-electron chi connectivity index (χ2n) is 6.45. The van der Waals surface area contributed by atoms with Gasteiger partial charge < -0.3 is 10.2 Å². The molecule has 0 aliphatic carbocycles. The van der Waals surface area contributed by atoms with E-state index in [-0.39, 0.29) is 6.04 Å². The summed E-state index contributed by atoms with van der Waals surface area (Å²) in [5.41, 5.74) is 0.858. The van der Waals surface area contributed by atoms with Crippen LogP contribution in [0.25, 0.3) is 0 Å². The minimum Gasteiger partial charge on any atom is -0.312 e. The summed E-state index contributed by atoms with van der Waals surface area (Å²) in [5, 5.41) is 3.12. The molecule has 21 heavy (non-hydrogen) atoms. The average molecular weight is 296 g/mol. The molecule has 1 aromatic carbocycles. The van der Waals surface area contributed by atoms with E-state index >= 15 is 0 Å². The SMILES string of the molecule is CCC1(C)CCN(CC(NC)c2cccc(F)c2F)CC1. The fourth-order valence-corrected chi connectivity index (χ4v) is 3.02. The van der Waals surface area contributed by atoms with Gasteiger partial charge in [0.2, 0.25) is 0 Å². The molecular weight excluding hydrogens is 270 g/mol. The largest absolute Gasteiger partial charge is 0.312 e. The van der Waals surface area contributed by atoms with E-state index < -0.39 is 11.6 Å². The molecule has 1 aliphatic heterocycles. The number of halogens is 2. The number of hydrogen-bond acceptors (Lipinski definition) is 2. The van der Waals surface area contributed by atoms with Crippen LogP contribution in [0.4, 0.5) is 8.78 Å². The molecule has 2 rings (SSSR count). The average Bonchev–Trinajstić information content (AvgIpc) is 2.50. The maximum absolute atomic E-state index is 13.9. The third kappa shape index (κ3) is 3.80. The minimum atomic E-state index is -0.773. The van der Waals surface area contributed by atoms with E-state index in [4.69, 9.17) is 0 Å². The first-order chi connectivity index (χ1) is 9.99. The Kier molecular flexibility index (Phi) is 5.33. The maximum Gasteiger partial charge on any atom is 0.163 e. The van der Waals surface area contributed by atoms with Crippen molar-refractivity contribution in [2.45, 2.75) is 39.2 Å². The fraction of sp³-hybridized carbons (Fsp3) is 0.647. The number of rotatable bonds is 5. The molecule has 1 heterocycles. The standard InChI is InChI=1S/C17H26F2N2/c1-4-17(2)8-10-21(11-9-17)12-15(20-3)13-6-5-7-14(18)16(13)19/h5-7,15,20H,4,8-12H2,1-3H3. The summed E-state index contributed by atoms with van der Waals surface area (Å²) >= 11 is 0. The summed E-state index contributed by atoms with van der Waals surface area (Å²) in [5.74, 6) is -1.50. The first-order valence-corrected chi connectivity index (χ1v) is 7.82. The molecule has 0 bridgehead atoms. The van der Waals surface area contributed by atoms with Crippen LogP contribution in [0.2, 0.25) is 0 Å². The van der Waals surface area contributed by atoms with E-state index in [2.05, 4.69) is 24.1 Å². The van der Waals surface area contributed by atoms with E-state index in [0.29, 0.717) is 11.0 Å². The topological polar surface area (TPSA) is 15.3 Å². The van der Waals surface area contributed by atoms with Crippen LogP contribution in [-0.2, 0) is 0 Å². The summed E-state index contributed by atoms with van der Waals surface area (Å²) in [4.78, 5) is 2.35. The van der Waals surface area contributed by atoms with Crippen LogP contribution in [0.5, 0.6) is 0 Å². The Morgan fingerprint density at radius 2 is 1.95 bits per heavy atom. The molecule has 0 amide bonds. The smallest absolute Gasteiger partial charge is 0.163 e. The Bertz CT molecular complexity index is 468. The predicted octanol–water partition coefficient (Wildman–Crippen LogP) is 3.74. The van der Waals surface area contributed by atoms with E-state index in [1.807, 2.05) is 0 Å². The fourth-order valence-electron chi connectivity index (χ4n) is 3.02. The minimum absolute atomic E-state index is 0.174. The highest BCUT2D eigenvalue weighted by molar-refractivity contribution is 5.23. The number of nitrogens with one attached hydrogen (secondary N) is 1. The molecule has 1 atom stereocenters. The van der Waals surface area contributed by atoms with E-state index in [0.717, 1.165) is 19.6 Å². The Labute approximate surface area is 126 Å². The molecule has 0 radical (unpaired) electrons. The predicted molar refractivity (Wildman–Crippen MR) is 82.2 cm³/mol. The second kappa shape index (κ2) is 6.84. The van der Waals surface area contributed by atoms with Gasteiger partial charge in [0.25, 0.3) is 0 Å². The van der Waals surface area contributed by atoms with Crippen molar-refractivity contribution in [3.05, 3.63) is 35.4 Å². The van der Waals surface area contributed by atoms with Crippen molar-refractivity contribution >= 4 is 0 Å². The molecular formula is C17H26F2N2. The van der Waals surface area contributed by atoms with Gasteiger partial charge in [0.1, 0.15) is 0 Å². The van der Waals surface area contributed by atoms with Gasteiger partial charge in [0.05, 0.1) is 0 Å². The third-order valence-electron chi connectivity index (χ3n) is 5.06. The van der Waals surface area contributed by atoms with E-state index in [1.54, 1.807) is 19.2 Å². The number of piperidine rings is 1. The molecule has 1 N–H and O–H groups in total. The van der Waals surface area contributed by atoms with Crippen LogP contribution in [0.3, 0.4) is 0 Å². The quantitative estimate of drug-likeness (QED) is 0.890. The Morgan fingerprint density at radius 1 is 1.29 bits per heavy atom. The molecule has 1 aromatic rings. The van der Waals surface area contributed by atoms with Gasteiger partial charge in [-0.2, -0.15) is 0 Å². The van der Waals surface area contributed by atoms with Gasteiger partial charge in [-0.3, -0.25) is 0 Å². The second-order valence-corrected chi connectivity index (χ2v) is 6.45. The lowest BCUT2D eigenvalue weighted by Crippen LogP contribution is -2.42. The molecule has 1 fully saturated rings. The van der Waals surface area contributed by atoms with Crippen molar-refractivity contribution < 1.29 is 8.78 Å². The number of likely N-dealkylation sites (tertiary alicyclic amines) is 1. The summed E-state index contributed by atoms with van der Waals surface area (Å²) < 4.78 is 27.3. The van der Waals surface area contributed by atoms with Crippen molar-refractivity contribution in [2.24, 2.45) is 5.41 Å². The summed E-state index contributed by atoms with van der Waals surface area (Å²) in [6, 6.07) is 4.23. The molecule has 0 aromatic heterocycles. The third-order valence-corrected chi connectivity index (χ3v) is 5.06. The summed E-state index contributed by atoms with van der Waals surface area (Å²) in [6.07, 6.45) is 3.55. The molecule has 1 aliphatic rings. The zero-order chi connectivity index (χ0) is 15.5. The van der Waals surface area contributed by atoms with Crippen LogP contribution in [0, 0.1) is 17.0 Å². The number of likely N-dealkylation sites (N-methyl/N-ethyl adjacent to an activating group) is 1. The van der Waals surface area contributed by atoms with Crippen molar-refractivity contribution in [3.63, 3.8) is 0 Å². The number of hydrogen-bond donors (Lipinski definition) is 1. The van der Waals surface area contributed by atoms with Gasteiger partial charge in [0.15, 0.2) is 11.6 Å². The van der Waals surface area contributed by atoms with Gasteiger partial charge >= 0.3 is 0 Å². The molecule has 0 saturated carbocycles. The van der Waals surface area contributed by atoms with Crippen molar-refractivity contribution in [2.75, 3.05) is 26.7 Å². The van der Waals surface area contributed by atoms with Crippen molar-refractivity contribution in [1.82, 2.24) is 10.2 Å². The van der Waals surface area contributed by atoms with Crippen LogP contribution in [-0.4, -0.2) is 31.6 Å². The monoisotopic (exact) mass is 296 g/mol. The van der Waals surface area contributed by atoms with Gasteiger partial charge in [-0.25, -0.2) is 8.78 Å². The van der Waals surface area contributed by atoms with Gasteiger partial charge in [-0.05, 0) is 44.5 Å². The molecule has 118 valence electrons. The molecule has 0 spiro atoms. The highest BCUT2D eigenvalue weighted by Crippen LogP contribution is 2.34. The zero-order valence-corrected chi connectivity index (χ0v) is 13.3. The summed E-state index contributed by atoms with van der Waals surface area (Å²) in [6.45, 7) is 7.36. The van der Waals surface area contributed by atoms with Crippen LogP contribution in [0.15, 0.2) is 18.2 Å². The molecule has 4 heteroatoms. The lowest BCUT2D eigenvalue weighted by molar-refractivity contribution is 0.106. The maximum atomic E-state index is 13.9. The highest BCUT2D eigenvalue weighted by Gasteiger charge is 2.29. The molecule has 1 unspecified atom stereocenters. The lowest BCUT2D eigenvalue weighted by atomic mass is 9.78. The van der Waals surface area contributed by atoms with Crippen LogP contribution < -0.4 is 5.32 Å². The Balaban J connectivity index is 2.02. The molecule has 1 saturated heterocycles. The zero-order valence-electron chi connectivity index (χ0n) is 13.3. The van der Waals surface area contributed by atoms with Crippen LogP contribution in [0.1, 0.15) is 44.7 Å². The summed E-state index contributed by atoms with van der Waals surface area (Å²) in [7, 11) is 1.80. The first-order valence-electron chi connectivity index (χ1n) is 7.82. The number of nitrogens with zero attached hydrogens (tertiary/aromatic N) is 1. The van der Waals surface area contributed by atoms with E-state index in [1.165, 1.54) is 25.3 Å². The lowest BCUT2D eigenvalue weighted by Gasteiger charge is -2.40. The Hall–Kier alpha value is -1.00. The van der Waals surface area contributed by atoms with E-state index in [9.17, 15) is 8.78 Å². The highest BCUT2D eigenvalue weighted by atomic mass is 19.2. The van der Waals surface area contributed by atoms with Crippen molar-refractivity contribution in [1.29, 1.82) is 0 Å². The first kappa shape index (κ1) is 16.4.